The van der Waals surface area contributed by atoms with E-state index in [-0.39, 0.29) is 18.5 Å². The largest absolute Gasteiger partial charge is 0.488 e. The number of nitrogens with one attached hydrogen (secondary N) is 1. The molecular weight excluding hydrogens is 258 g/mol. The second-order valence-corrected chi connectivity index (χ2v) is 4.20. The number of halogens is 2. The lowest BCUT2D eigenvalue weighted by atomic mass is 10.2. The van der Waals surface area contributed by atoms with E-state index >= 15 is 0 Å². The third kappa shape index (κ3) is 3.18. The van der Waals surface area contributed by atoms with E-state index in [1.165, 1.54) is 12.1 Å². The highest BCUT2D eigenvalue weighted by molar-refractivity contribution is 5.80. The first-order valence-corrected chi connectivity index (χ1v) is 5.84. The summed E-state index contributed by atoms with van der Waals surface area (Å²) >= 11 is 0. The molecule has 1 saturated heterocycles. The molecule has 1 fully saturated rings. The maximum absolute atomic E-state index is 13.3. The average Bonchev–Trinajstić information content (AvgIpc) is 2.88. The van der Waals surface area contributed by atoms with Crippen LogP contribution in [0.15, 0.2) is 18.2 Å². The van der Waals surface area contributed by atoms with Gasteiger partial charge >= 0.3 is 0 Å². The summed E-state index contributed by atoms with van der Waals surface area (Å²) in [5.41, 5.74) is 2.00. The fourth-order valence-electron chi connectivity index (χ4n) is 1.89. The van der Waals surface area contributed by atoms with E-state index in [4.69, 9.17) is 15.3 Å². The molecule has 1 aliphatic heterocycles. The molecule has 1 aliphatic rings. The average molecular weight is 272 g/mol. The van der Waals surface area contributed by atoms with Crippen molar-refractivity contribution in [2.45, 2.75) is 25.0 Å². The Morgan fingerprint density at radius 3 is 3.00 bits per heavy atom. The number of benzene rings is 1. The van der Waals surface area contributed by atoms with Gasteiger partial charge in [-0.15, -0.1) is 0 Å². The number of hydrogen-bond acceptors (Lipinski definition) is 4. The molecule has 5 nitrogen and oxygen atoms in total. The lowest BCUT2D eigenvalue weighted by Crippen LogP contribution is -2.39. The van der Waals surface area contributed by atoms with Gasteiger partial charge in [-0.1, -0.05) is 6.07 Å². The Bertz CT molecular complexity index is 470. The third-order valence-corrected chi connectivity index (χ3v) is 2.88. The molecule has 3 N–H and O–H groups in total. The maximum Gasteiger partial charge on any atom is 0.263 e. The number of hydrazine groups is 1. The molecule has 0 aromatic heterocycles. The van der Waals surface area contributed by atoms with Gasteiger partial charge in [0.05, 0.1) is 6.10 Å². The summed E-state index contributed by atoms with van der Waals surface area (Å²) in [4.78, 5) is 11.2. The van der Waals surface area contributed by atoms with Crippen molar-refractivity contribution in [1.82, 2.24) is 5.43 Å². The number of amides is 1. The third-order valence-electron chi connectivity index (χ3n) is 2.88. The minimum atomic E-state index is -1.03. The predicted molar refractivity (Wildman–Crippen MR) is 62.1 cm³/mol. The van der Waals surface area contributed by atoms with Gasteiger partial charge in [0.15, 0.2) is 11.6 Å². The lowest BCUT2D eigenvalue weighted by molar-refractivity contribution is -0.132. The molecule has 2 rings (SSSR count). The second kappa shape index (κ2) is 5.94. The molecule has 0 radical (unpaired) electrons. The highest BCUT2D eigenvalue weighted by atomic mass is 19.2. The van der Waals surface area contributed by atoms with Gasteiger partial charge in [-0.25, -0.2) is 10.2 Å². The van der Waals surface area contributed by atoms with Gasteiger partial charge in [0.25, 0.3) is 5.91 Å². The van der Waals surface area contributed by atoms with Crippen LogP contribution in [-0.2, 0) is 9.53 Å². The normalized spacial score (nSPS) is 22.3. The number of carbonyl (C=O) groups is 1. The molecule has 2 atom stereocenters. The van der Waals surface area contributed by atoms with Crippen LogP contribution in [0.3, 0.4) is 0 Å². The van der Waals surface area contributed by atoms with E-state index in [1.807, 2.05) is 5.43 Å². The smallest absolute Gasteiger partial charge is 0.263 e. The van der Waals surface area contributed by atoms with Crippen molar-refractivity contribution < 1.29 is 23.0 Å². The summed E-state index contributed by atoms with van der Waals surface area (Å²) < 4.78 is 36.8. The van der Waals surface area contributed by atoms with Crippen molar-refractivity contribution in [3.8, 4) is 5.75 Å². The van der Waals surface area contributed by atoms with Gasteiger partial charge < -0.3 is 9.47 Å². The summed E-state index contributed by atoms with van der Waals surface area (Å²) in [6.45, 7) is 0.0503. The Morgan fingerprint density at radius 1 is 1.47 bits per heavy atom. The zero-order valence-corrected chi connectivity index (χ0v) is 10.1. The second-order valence-electron chi connectivity index (χ2n) is 4.20. The molecule has 0 spiro atoms. The van der Waals surface area contributed by atoms with Crippen molar-refractivity contribution in [1.29, 1.82) is 0 Å². The van der Waals surface area contributed by atoms with Gasteiger partial charge in [-0.05, 0) is 25.0 Å². The van der Waals surface area contributed by atoms with E-state index in [0.717, 1.165) is 6.07 Å². The summed E-state index contributed by atoms with van der Waals surface area (Å²) in [5, 5.41) is 0. The monoisotopic (exact) mass is 272 g/mol. The maximum atomic E-state index is 13.3. The first-order chi connectivity index (χ1) is 9.11. The molecule has 0 bridgehead atoms. The molecule has 7 heteroatoms. The minimum Gasteiger partial charge on any atom is -0.488 e. The van der Waals surface area contributed by atoms with Gasteiger partial charge in [0.1, 0.15) is 12.7 Å². The zero-order chi connectivity index (χ0) is 13.8. The van der Waals surface area contributed by atoms with Crippen LogP contribution in [-0.4, -0.2) is 24.7 Å². The molecule has 19 heavy (non-hydrogen) atoms. The Balaban J connectivity index is 1.87. The summed E-state index contributed by atoms with van der Waals surface area (Å²) in [6.07, 6.45) is 0.151. The summed E-state index contributed by atoms with van der Waals surface area (Å²) in [6, 6.07) is 3.70. The van der Waals surface area contributed by atoms with Gasteiger partial charge in [-0.2, -0.15) is 4.39 Å². The van der Waals surface area contributed by atoms with E-state index in [0.29, 0.717) is 12.8 Å². The number of ether oxygens (including phenoxy) is 2. The van der Waals surface area contributed by atoms with Crippen molar-refractivity contribution in [2.24, 2.45) is 5.84 Å². The van der Waals surface area contributed by atoms with Crippen molar-refractivity contribution in [2.75, 3.05) is 6.61 Å². The topological polar surface area (TPSA) is 73.6 Å². The van der Waals surface area contributed by atoms with Crippen LogP contribution in [0.1, 0.15) is 12.8 Å². The summed E-state index contributed by atoms with van der Waals surface area (Å²) in [5.74, 6) is 2.42. The van der Waals surface area contributed by atoms with Crippen molar-refractivity contribution in [3.05, 3.63) is 29.8 Å². The quantitative estimate of drug-likeness (QED) is 0.485. The molecule has 0 saturated carbocycles. The Morgan fingerprint density at radius 2 is 2.26 bits per heavy atom. The van der Waals surface area contributed by atoms with Crippen LogP contribution in [0.2, 0.25) is 0 Å². The van der Waals surface area contributed by atoms with Crippen LogP contribution in [0.4, 0.5) is 8.78 Å². The van der Waals surface area contributed by atoms with E-state index in [2.05, 4.69) is 0 Å². The van der Waals surface area contributed by atoms with Crippen LogP contribution in [0.5, 0.6) is 5.75 Å². The Kier molecular flexibility index (Phi) is 4.28. The zero-order valence-electron chi connectivity index (χ0n) is 10.1. The minimum absolute atomic E-state index is 0.0503. The Hall–Kier alpha value is -1.73. The van der Waals surface area contributed by atoms with E-state index < -0.39 is 23.6 Å². The van der Waals surface area contributed by atoms with Crippen LogP contribution >= 0.6 is 0 Å². The predicted octanol–water partition coefficient (Wildman–Crippen LogP) is 0.881. The van der Waals surface area contributed by atoms with E-state index in [1.54, 1.807) is 0 Å². The fourth-order valence-corrected chi connectivity index (χ4v) is 1.89. The van der Waals surface area contributed by atoms with Crippen molar-refractivity contribution >= 4 is 5.91 Å². The molecule has 104 valence electrons. The van der Waals surface area contributed by atoms with Crippen LogP contribution in [0.25, 0.3) is 0 Å². The highest BCUT2D eigenvalue weighted by Crippen LogP contribution is 2.23. The number of rotatable bonds is 4. The van der Waals surface area contributed by atoms with Gasteiger partial charge in [0.2, 0.25) is 5.82 Å². The number of hydrogen-bond donors (Lipinski definition) is 2. The molecule has 2 unspecified atom stereocenters. The fraction of sp³-hybridized carbons (Fsp3) is 0.417. The molecule has 0 aliphatic carbocycles. The molecule has 1 heterocycles. The van der Waals surface area contributed by atoms with Crippen LogP contribution in [0, 0.1) is 11.6 Å². The van der Waals surface area contributed by atoms with Crippen molar-refractivity contribution in [3.63, 3.8) is 0 Å². The first kappa shape index (κ1) is 13.7. The standard InChI is InChI=1S/C12H14F2N2O3/c13-8-2-1-3-9(11(8)14)18-6-7-4-5-10(19-7)12(17)16-15/h1-3,7,10H,4-6,15H2,(H,16,17). The SMILES string of the molecule is NNC(=O)C1CCC(COc2cccc(F)c2F)O1. The summed E-state index contributed by atoms with van der Waals surface area (Å²) in [7, 11) is 0. The van der Waals surface area contributed by atoms with Crippen LogP contribution < -0.4 is 16.0 Å². The number of carbonyl (C=O) groups excluding carboxylic acids is 1. The number of nitrogens with two attached hydrogens (primary N) is 1. The van der Waals surface area contributed by atoms with Gasteiger partial charge in [-0.3, -0.25) is 10.2 Å². The van der Waals surface area contributed by atoms with E-state index in [9.17, 15) is 13.6 Å². The first-order valence-electron chi connectivity index (χ1n) is 5.84. The highest BCUT2D eigenvalue weighted by Gasteiger charge is 2.30. The molecule has 1 aromatic rings. The molecule has 1 amide bonds. The Labute approximate surface area is 108 Å². The molecule has 1 aromatic carbocycles. The molecular formula is C12H14F2N2O3. The van der Waals surface area contributed by atoms with Gasteiger partial charge in [0, 0.05) is 0 Å². The lowest BCUT2D eigenvalue weighted by Gasteiger charge is -2.14.